The standard InChI is InChI=1S/C16H24N6/c1-2-22-9-3-4-14(22)11-20-16(17)19-10-13-6-5-12-7-8-18-15(12)21-13/h5-8,14H,2-4,9-11H2,1H3,(H,18,21)(H3,17,19,20). The zero-order valence-corrected chi connectivity index (χ0v) is 13.0. The van der Waals surface area contributed by atoms with E-state index in [1.807, 2.05) is 24.4 Å². The third-order valence-electron chi connectivity index (χ3n) is 4.30. The van der Waals surface area contributed by atoms with Crippen LogP contribution in [0, 0.1) is 0 Å². The van der Waals surface area contributed by atoms with Crippen LogP contribution in [0.1, 0.15) is 25.5 Å². The third kappa shape index (κ3) is 3.39. The van der Waals surface area contributed by atoms with Crippen molar-refractivity contribution in [2.45, 2.75) is 32.4 Å². The number of likely N-dealkylation sites (N-methyl/N-ethyl adjacent to an activating group) is 1. The first-order valence-corrected chi connectivity index (χ1v) is 7.97. The van der Waals surface area contributed by atoms with Crippen LogP contribution >= 0.6 is 0 Å². The molecule has 4 N–H and O–H groups in total. The van der Waals surface area contributed by atoms with Gasteiger partial charge in [-0.1, -0.05) is 6.92 Å². The van der Waals surface area contributed by atoms with Gasteiger partial charge in [0.15, 0.2) is 5.96 Å². The number of guanidine groups is 1. The summed E-state index contributed by atoms with van der Waals surface area (Å²) >= 11 is 0. The molecule has 0 radical (unpaired) electrons. The summed E-state index contributed by atoms with van der Waals surface area (Å²) in [5.74, 6) is 0.497. The van der Waals surface area contributed by atoms with E-state index in [1.165, 1.54) is 19.4 Å². The Morgan fingerprint density at radius 2 is 2.41 bits per heavy atom. The Kier molecular flexibility index (Phi) is 4.58. The Morgan fingerprint density at radius 3 is 3.27 bits per heavy atom. The molecule has 0 bridgehead atoms. The van der Waals surface area contributed by atoms with Gasteiger partial charge >= 0.3 is 0 Å². The molecule has 6 nitrogen and oxygen atoms in total. The van der Waals surface area contributed by atoms with Gasteiger partial charge < -0.3 is 16.0 Å². The van der Waals surface area contributed by atoms with Crippen LogP contribution in [0.3, 0.4) is 0 Å². The van der Waals surface area contributed by atoms with Gasteiger partial charge in [0.1, 0.15) is 5.65 Å². The van der Waals surface area contributed by atoms with Gasteiger partial charge in [0.05, 0.1) is 12.2 Å². The normalized spacial score (nSPS) is 19.9. The van der Waals surface area contributed by atoms with Crippen LogP contribution in [-0.4, -0.2) is 46.5 Å². The molecule has 2 aromatic rings. The summed E-state index contributed by atoms with van der Waals surface area (Å²) < 4.78 is 0. The van der Waals surface area contributed by atoms with Gasteiger partial charge in [-0.15, -0.1) is 0 Å². The number of aromatic amines is 1. The number of hydrogen-bond donors (Lipinski definition) is 3. The smallest absolute Gasteiger partial charge is 0.189 e. The minimum atomic E-state index is 0.496. The lowest BCUT2D eigenvalue weighted by Crippen LogP contribution is -2.42. The monoisotopic (exact) mass is 300 g/mol. The lowest BCUT2D eigenvalue weighted by molar-refractivity contribution is 0.267. The van der Waals surface area contributed by atoms with E-state index in [0.717, 1.165) is 29.8 Å². The predicted octanol–water partition coefficient (Wildman–Crippen LogP) is 1.45. The SMILES string of the molecule is CCN1CCCC1CNC(N)=NCc1ccc2cc[nH]c2n1. The molecular weight excluding hydrogens is 276 g/mol. The van der Waals surface area contributed by atoms with Crippen LogP contribution in [0.25, 0.3) is 11.0 Å². The Bertz CT molecular complexity index is 647. The summed E-state index contributed by atoms with van der Waals surface area (Å²) in [4.78, 5) is 14.5. The number of rotatable bonds is 5. The predicted molar refractivity (Wildman–Crippen MR) is 89.7 cm³/mol. The first-order chi connectivity index (χ1) is 10.8. The summed E-state index contributed by atoms with van der Waals surface area (Å²) in [5.41, 5.74) is 7.77. The lowest BCUT2D eigenvalue weighted by Gasteiger charge is -2.23. The van der Waals surface area contributed by atoms with Crippen molar-refractivity contribution in [1.29, 1.82) is 0 Å². The quantitative estimate of drug-likeness (QED) is 0.576. The molecular formula is C16H24N6. The maximum atomic E-state index is 5.96. The molecule has 1 unspecified atom stereocenters. The van der Waals surface area contributed by atoms with Crippen molar-refractivity contribution in [3.8, 4) is 0 Å². The molecule has 3 rings (SSSR count). The van der Waals surface area contributed by atoms with Crippen molar-refractivity contribution in [3.05, 3.63) is 30.1 Å². The van der Waals surface area contributed by atoms with E-state index >= 15 is 0 Å². The Hall–Kier alpha value is -2.08. The van der Waals surface area contributed by atoms with Crippen molar-refractivity contribution >= 4 is 17.0 Å². The Morgan fingerprint density at radius 1 is 1.50 bits per heavy atom. The number of pyridine rings is 1. The second kappa shape index (κ2) is 6.79. The first-order valence-electron chi connectivity index (χ1n) is 7.97. The average molecular weight is 300 g/mol. The van der Waals surface area contributed by atoms with E-state index in [0.29, 0.717) is 18.5 Å². The van der Waals surface area contributed by atoms with Gasteiger partial charge in [0.25, 0.3) is 0 Å². The summed E-state index contributed by atoms with van der Waals surface area (Å²) in [6, 6.07) is 6.62. The minimum absolute atomic E-state index is 0.496. The number of H-pyrrole nitrogens is 1. The number of nitrogens with two attached hydrogens (primary N) is 1. The highest BCUT2D eigenvalue weighted by atomic mass is 15.2. The zero-order chi connectivity index (χ0) is 15.4. The Balaban J connectivity index is 1.53. The maximum absolute atomic E-state index is 5.96. The molecule has 3 heterocycles. The van der Waals surface area contributed by atoms with Crippen LogP contribution < -0.4 is 11.1 Å². The van der Waals surface area contributed by atoms with Crippen molar-refractivity contribution < 1.29 is 0 Å². The van der Waals surface area contributed by atoms with Crippen molar-refractivity contribution in [2.24, 2.45) is 10.7 Å². The van der Waals surface area contributed by atoms with E-state index in [9.17, 15) is 0 Å². The fourth-order valence-corrected chi connectivity index (χ4v) is 3.05. The van der Waals surface area contributed by atoms with Crippen molar-refractivity contribution in [3.63, 3.8) is 0 Å². The molecule has 1 aliphatic heterocycles. The van der Waals surface area contributed by atoms with E-state index < -0.39 is 0 Å². The number of fused-ring (bicyclic) bond motifs is 1. The number of aliphatic imine (C=N–C) groups is 1. The number of nitrogens with zero attached hydrogens (tertiary/aromatic N) is 3. The van der Waals surface area contributed by atoms with Crippen LogP contribution in [0.2, 0.25) is 0 Å². The minimum Gasteiger partial charge on any atom is -0.370 e. The number of nitrogens with one attached hydrogen (secondary N) is 2. The molecule has 0 spiro atoms. The maximum Gasteiger partial charge on any atom is 0.189 e. The fourth-order valence-electron chi connectivity index (χ4n) is 3.05. The molecule has 0 amide bonds. The molecule has 2 aromatic heterocycles. The van der Waals surface area contributed by atoms with E-state index in [1.54, 1.807) is 0 Å². The summed E-state index contributed by atoms with van der Waals surface area (Å²) in [6.07, 6.45) is 4.40. The molecule has 22 heavy (non-hydrogen) atoms. The Labute approximate surface area is 130 Å². The zero-order valence-electron chi connectivity index (χ0n) is 13.0. The topological polar surface area (TPSA) is 82.3 Å². The van der Waals surface area contributed by atoms with E-state index in [4.69, 9.17) is 5.73 Å². The number of hydrogen-bond acceptors (Lipinski definition) is 3. The van der Waals surface area contributed by atoms with Gasteiger partial charge in [-0.2, -0.15) is 0 Å². The van der Waals surface area contributed by atoms with Crippen LogP contribution in [0.4, 0.5) is 0 Å². The van der Waals surface area contributed by atoms with E-state index in [-0.39, 0.29) is 0 Å². The number of aromatic nitrogens is 2. The number of likely N-dealkylation sites (tertiary alicyclic amines) is 1. The first kappa shape index (κ1) is 14.8. The summed E-state index contributed by atoms with van der Waals surface area (Å²) in [5, 5.41) is 4.35. The van der Waals surface area contributed by atoms with Gasteiger partial charge in [-0.3, -0.25) is 4.90 Å². The summed E-state index contributed by atoms with van der Waals surface area (Å²) in [6.45, 7) is 5.86. The lowest BCUT2D eigenvalue weighted by atomic mass is 10.2. The third-order valence-corrected chi connectivity index (χ3v) is 4.30. The summed E-state index contributed by atoms with van der Waals surface area (Å²) in [7, 11) is 0. The highest BCUT2D eigenvalue weighted by Crippen LogP contribution is 2.15. The van der Waals surface area contributed by atoms with Gasteiger partial charge in [0, 0.05) is 24.2 Å². The van der Waals surface area contributed by atoms with Crippen LogP contribution in [0.5, 0.6) is 0 Å². The van der Waals surface area contributed by atoms with Gasteiger partial charge in [-0.25, -0.2) is 9.98 Å². The highest BCUT2D eigenvalue weighted by molar-refractivity contribution is 5.78. The van der Waals surface area contributed by atoms with Crippen molar-refractivity contribution in [2.75, 3.05) is 19.6 Å². The molecule has 118 valence electrons. The molecule has 0 saturated carbocycles. The molecule has 1 saturated heterocycles. The largest absolute Gasteiger partial charge is 0.370 e. The van der Waals surface area contributed by atoms with Crippen LogP contribution in [-0.2, 0) is 6.54 Å². The molecule has 0 aromatic carbocycles. The van der Waals surface area contributed by atoms with E-state index in [2.05, 4.69) is 32.1 Å². The highest BCUT2D eigenvalue weighted by Gasteiger charge is 2.22. The van der Waals surface area contributed by atoms with Crippen LogP contribution in [0.15, 0.2) is 29.4 Å². The molecule has 1 atom stereocenters. The van der Waals surface area contributed by atoms with Gasteiger partial charge in [-0.05, 0) is 44.1 Å². The fraction of sp³-hybridized carbons (Fsp3) is 0.500. The second-order valence-corrected chi connectivity index (χ2v) is 5.73. The molecule has 0 aliphatic carbocycles. The molecule has 6 heteroatoms. The second-order valence-electron chi connectivity index (χ2n) is 5.73. The van der Waals surface area contributed by atoms with Gasteiger partial charge in [0.2, 0.25) is 0 Å². The molecule has 1 fully saturated rings. The van der Waals surface area contributed by atoms with Crippen molar-refractivity contribution in [1.82, 2.24) is 20.2 Å². The average Bonchev–Trinajstić information content (AvgIpc) is 3.18. The molecule has 1 aliphatic rings.